The number of piperidine rings is 1. The van der Waals surface area contributed by atoms with E-state index >= 15 is 0 Å². The van der Waals surface area contributed by atoms with E-state index in [1.807, 2.05) is 30.5 Å². The molecule has 1 aromatic carbocycles. The van der Waals surface area contributed by atoms with Gasteiger partial charge < -0.3 is 0 Å². The standard InChI is InChI=1S/C21H21ClN6O/c22-17-6-4-15(5-7-17)13-27-19-18(20-24-14-25-28(20)21(27)29)10-16(11-23-19)12-26-8-2-1-3-9-26/h4-7,10-11,14H,1-3,8-9,12-13H2/p+1. The average Bonchev–Trinajstić information content (AvgIpc) is 3.24. The first-order chi connectivity index (χ1) is 14.2. The van der Waals surface area contributed by atoms with Gasteiger partial charge in [0.1, 0.15) is 0 Å². The van der Waals surface area contributed by atoms with Crippen molar-refractivity contribution in [2.45, 2.75) is 32.4 Å². The lowest BCUT2D eigenvalue weighted by molar-refractivity contribution is -0.345. The third kappa shape index (κ3) is 3.52. The number of halogens is 1. The van der Waals surface area contributed by atoms with Crippen LogP contribution in [0.4, 0.5) is 0 Å². The van der Waals surface area contributed by atoms with Crippen LogP contribution in [0.3, 0.4) is 0 Å². The highest BCUT2D eigenvalue weighted by atomic mass is 35.5. The van der Waals surface area contributed by atoms with Crippen molar-refractivity contribution in [1.29, 1.82) is 0 Å². The molecule has 148 valence electrons. The number of fused-ring (bicyclic) bond motifs is 3. The number of rotatable bonds is 4. The van der Waals surface area contributed by atoms with Gasteiger partial charge in [0, 0.05) is 22.9 Å². The zero-order chi connectivity index (χ0) is 19.8. The molecule has 0 atom stereocenters. The molecule has 0 aliphatic carbocycles. The van der Waals surface area contributed by atoms with Crippen LogP contribution in [-0.4, -0.2) is 37.2 Å². The lowest BCUT2D eigenvalue weighted by atomic mass is 10.1. The van der Waals surface area contributed by atoms with E-state index in [2.05, 4.69) is 21.0 Å². The Bertz CT molecular complexity index is 1220. The summed E-state index contributed by atoms with van der Waals surface area (Å²) in [6, 6.07) is 9.63. The van der Waals surface area contributed by atoms with Crippen molar-refractivity contribution in [2.24, 2.45) is 0 Å². The number of aromatic nitrogens is 5. The Morgan fingerprint density at radius 2 is 1.83 bits per heavy atom. The summed E-state index contributed by atoms with van der Waals surface area (Å²) in [6.07, 6.45) is 7.25. The van der Waals surface area contributed by atoms with E-state index in [0.717, 1.165) is 36.1 Å². The zero-order valence-electron chi connectivity index (χ0n) is 16.0. The largest absolute Gasteiger partial charge is 0.425 e. The van der Waals surface area contributed by atoms with Crippen LogP contribution in [0.15, 0.2) is 47.7 Å². The minimum atomic E-state index is -0.222. The molecule has 3 aromatic heterocycles. The molecular weight excluding hydrogens is 388 g/mol. The number of nitrogens with one attached hydrogen (secondary N) is 1. The fourth-order valence-electron chi connectivity index (χ4n) is 4.08. The molecule has 1 N–H and O–H groups in total. The molecule has 1 fully saturated rings. The second kappa shape index (κ2) is 7.57. The molecule has 4 heterocycles. The molecule has 7 nitrogen and oxygen atoms in total. The van der Waals surface area contributed by atoms with Crippen molar-refractivity contribution in [3.8, 4) is 0 Å². The number of hydrogen-bond acceptors (Lipinski definition) is 4. The predicted molar refractivity (Wildman–Crippen MR) is 111 cm³/mol. The summed E-state index contributed by atoms with van der Waals surface area (Å²) >= 11 is 6.00. The quantitative estimate of drug-likeness (QED) is 0.519. The molecule has 0 unspecified atom stereocenters. The maximum Gasteiger partial charge on any atom is 0.425 e. The Kier molecular flexibility index (Phi) is 4.77. The third-order valence-electron chi connectivity index (χ3n) is 5.54. The van der Waals surface area contributed by atoms with Crippen molar-refractivity contribution < 1.29 is 4.98 Å². The lowest BCUT2D eigenvalue weighted by Gasteiger charge is -2.26. The van der Waals surface area contributed by atoms with E-state index in [0.29, 0.717) is 22.9 Å². The minimum Gasteiger partial charge on any atom is -0.299 e. The van der Waals surface area contributed by atoms with Gasteiger partial charge in [0.05, 0.1) is 11.9 Å². The highest BCUT2D eigenvalue weighted by Crippen LogP contribution is 2.19. The molecule has 0 amide bonds. The van der Waals surface area contributed by atoms with Crippen molar-refractivity contribution in [3.63, 3.8) is 0 Å². The predicted octanol–water partition coefficient (Wildman–Crippen LogP) is 2.55. The van der Waals surface area contributed by atoms with Crippen LogP contribution >= 0.6 is 11.6 Å². The summed E-state index contributed by atoms with van der Waals surface area (Å²) in [5.74, 6) is 0. The smallest absolute Gasteiger partial charge is 0.299 e. The molecule has 0 bridgehead atoms. The Labute approximate surface area is 172 Å². The van der Waals surface area contributed by atoms with Gasteiger partial charge in [0.25, 0.3) is 12.0 Å². The van der Waals surface area contributed by atoms with E-state index < -0.39 is 0 Å². The monoisotopic (exact) mass is 409 g/mol. The summed E-state index contributed by atoms with van der Waals surface area (Å²) in [5.41, 5.74) is 3.22. The second-order valence-corrected chi connectivity index (χ2v) is 8.03. The maximum atomic E-state index is 13.0. The zero-order valence-corrected chi connectivity index (χ0v) is 16.8. The molecule has 1 aliphatic heterocycles. The van der Waals surface area contributed by atoms with Gasteiger partial charge in [-0.15, -0.1) is 0 Å². The topological polar surface area (TPSA) is 69.6 Å². The van der Waals surface area contributed by atoms with E-state index in [1.54, 1.807) is 10.9 Å². The third-order valence-corrected chi connectivity index (χ3v) is 5.79. The Morgan fingerprint density at radius 1 is 1.03 bits per heavy atom. The fourth-order valence-corrected chi connectivity index (χ4v) is 4.20. The molecular formula is C21H22ClN6O+. The SMILES string of the molecule is O=c1n(Cc2ccc(Cl)cc2)c2ncc(CN3CCCCC3)cc2c2[nH+]cnn12. The van der Waals surface area contributed by atoms with Crippen LogP contribution in [0.25, 0.3) is 16.7 Å². The van der Waals surface area contributed by atoms with Crippen LogP contribution in [-0.2, 0) is 13.1 Å². The van der Waals surface area contributed by atoms with Gasteiger partial charge in [-0.05, 0) is 59.8 Å². The molecule has 8 heteroatoms. The number of benzene rings is 1. The number of hydrogen-bond donors (Lipinski definition) is 0. The molecule has 0 spiro atoms. The highest BCUT2D eigenvalue weighted by Gasteiger charge is 2.20. The van der Waals surface area contributed by atoms with Gasteiger partial charge in [-0.3, -0.25) is 9.47 Å². The van der Waals surface area contributed by atoms with Crippen LogP contribution < -0.4 is 10.7 Å². The van der Waals surface area contributed by atoms with Crippen molar-refractivity contribution in [3.05, 3.63) is 69.5 Å². The summed E-state index contributed by atoms with van der Waals surface area (Å²) in [5, 5.41) is 5.76. The summed E-state index contributed by atoms with van der Waals surface area (Å²) in [7, 11) is 0. The molecule has 29 heavy (non-hydrogen) atoms. The molecule has 4 aromatic rings. The Hall–Kier alpha value is -2.77. The average molecular weight is 410 g/mol. The summed E-state index contributed by atoms with van der Waals surface area (Å²) < 4.78 is 3.07. The first-order valence-corrected chi connectivity index (χ1v) is 10.3. The highest BCUT2D eigenvalue weighted by molar-refractivity contribution is 6.30. The first-order valence-electron chi connectivity index (χ1n) is 9.93. The van der Waals surface area contributed by atoms with Crippen molar-refractivity contribution in [2.75, 3.05) is 13.1 Å². The van der Waals surface area contributed by atoms with Crippen LogP contribution in [0, 0.1) is 0 Å². The van der Waals surface area contributed by atoms with Crippen LogP contribution in [0.5, 0.6) is 0 Å². The minimum absolute atomic E-state index is 0.222. The normalized spacial score (nSPS) is 15.3. The fraction of sp³-hybridized carbons (Fsp3) is 0.333. The first kappa shape index (κ1) is 18.3. The number of aromatic amines is 1. The number of H-pyrrole nitrogens is 1. The van der Waals surface area contributed by atoms with E-state index in [4.69, 9.17) is 16.6 Å². The van der Waals surface area contributed by atoms with Gasteiger partial charge in [-0.1, -0.05) is 30.2 Å². The van der Waals surface area contributed by atoms with Crippen molar-refractivity contribution >= 4 is 28.3 Å². The Balaban J connectivity index is 1.60. The van der Waals surface area contributed by atoms with Crippen LogP contribution in [0.1, 0.15) is 30.4 Å². The summed E-state index contributed by atoms with van der Waals surface area (Å²) in [4.78, 5) is 23.3. The van der Waals surface area contributed by atoms with Gasteiger partial charge in [-0.25, -0.2) is 14.8 Å². The number of likely N-dealkylation sites (tertiary alicyclic amines) is 1. The van der Waals surface area contributed by atoms with Gasteiger partial charge in [0.2, 0.25) is 0 Å². The van der Waals surface area contributed by atoms with Gasteiger partial charge in [0.15, 0.2) is 5.65 Å². The summed E-state index contributed by atoms with van der Waals surface area (Å²) in [6.45, 7) is 3.53. The Morgan fingerprint density at radius 3 is 2.62 bits per heavy atom. The van der Waals surface area contributed by atoms with Gasteiger partial charge >= 0.3 is 5.69 Å². The number of nitrogens with zero attached hydrogens (tertiary/aromatic N) is 5. The molecule has 0 saturated carbocycles. The molecule has 1 aliphatic rings. The van der Waals surface area contributed by atoms with Crippen LogP contribution in [0.2, 0.25) is 5.02 Å². The molecule has 1 saturated heterocycles. The van der Waals surface area contributed by atoms with E-state index in [-0.39, 0.29) is 5.69 Å². The van der Waals surface area contributed by atoms with Gasteiger partial charge in [-0.2, -0.15) is 0 Å². The molecule has 0 radical (unpaired) electrons. The lowest BCUT2D eigenvalue weighted by Crippen LogP contribution is -2.30. The number of pyridine rings is 1. The maximum absolute atomic E-state index is 13.0. The van der Waals surface area contributed by atoms with E-state index in [9.17, 15) is 4.79 Å². The van der Waals surface area contributed by atoms with E-state index in [1.165, 1.54) is 23.8 Å². The second-order valence-electron chi connectivity index (χ2n) is 7.60. The molecule has 5 rings (SSSR count). The van der Waals surface area contributed by atoms with Crippen molar-refractivity contribution in [1.82, 2.24) is 24.1 Å².